The number of phenols is 1. The molecule has 0 bridgehead atoms. The van der Waals surface area contributed by atoms with Gasteiger partial charge in [-0.15, -0.1) is 0 Å². The molecule has 1 N–H and O–H groups in total. The van der Waals surface area contributed by atoms with Crippen LogP contribution in [-0.4, -0.2) is 5.11 Å². The second-order valence-corrected chi connectivity index (χ2v) is 27.6. The first-order valence-corrected chi connectivity index (χ1v) is 24.2. The van der Waals surface area contributed by atoms with Crippen molar-refractivity contribution in [2.75, 3.05) is 0 Å². The predicted molar refractivity (Wildman–Crippen MR) is 97.9 cm³/mol. The first-order chi connectivity index (χ1) is 9.77. The van der Waals surface area contributed by atoms with Crippen LogP contribution < -0.4 is 0 Å². The number of benzene rings is 3. The van der Waals surface area contributed by atoms with Gasteiger partial charge in [-0.25, -0.2) is 0 Å². The van der Waals surface area contributed by atoms with Gasteiger partial charge in [0, 0.05) is 5.56 Å². The van der Waals surface area contributed by atoms with Crippen LogP contribution in [0.25, 0.3) is 21.9 Å². The summed E-state index contributed by atoms with van der Waals surface area (Å²) >= 11 is 4.93. The Morgan fingerprint density at radius 1 is 0.900 bits per heavy atom. The summed E-state index contributed by atoms with van der Waals surface area (Å²) in [6.07, 6.45) is 0. The topological polar surface area (TPSA) is 20.2 Å². The van der Waals surface area contributed by atoms with Gasteiger partial charge in [0.15, 0.2) is 0 Å². The summed E-state index contributed by atoms with van der Waals surface area (Å²) in [5.41, 5.74) is 1.90. The fourth-order valence-corrected chi connectivity index (χ4v) is 2.12. The minimum atomic E-state index is 0.0650. The van der Waals surface area contributed by atoms with E-state index in [1.54, 1.807) is 6.07 Å². The van der Waals surface area contributed by atoms with Crippen molar-refractivity contribution in [3.63, 3.8) is 0 Å². The number of hydrogen-bond donors (Lipinski definition) is 1. The molecule has 0 saturated heterocycles. The van der Waals surface area contributed by atoms with Gasteiger partial charge in [0.1, 0.15) is 5.75 Å². The van der Waals surface area contributed by atoms with Crippen LogP contribution in [0.15, 0.2) is 60.7 Å². The van der Waals surface area contributed by atoms with E-state index in [-0.39, 0.29) is 10.1 Å². The zero-order valence-electron chi connectivity index (χ0n) is 10.7. The Kier molecular flexibility index (Phi) is 6.71. The van der Waals surface area contributed by atoms with Gasteiger partial charge in [-0.1, -0.05) is 54.6 Å². The van der Waals surface area contributed by atoms with Crippen molar-refractivity contribution in [3.8, 4) is 16.9 Å². The van der Waals surface area contributed by atoms with Gasteiger partial charge in [0.25, 0.3) is 0 Å². The molecule has 0 spiro atoms. The van der Waals surface area contributed by atoms with Crippen molar-refractivity contribution >= 4 is 50.3 Å². The molecular formula is C16H11I2OZn. The average Bonchev–Trinajstić information content (AvgIpc) is 2.49. The standard InChI is InChI=1S/C16H11O.2HI.Zn/c17-15-11-10-12-6-4-5-9-14(12)16(15)13-7-2-1-3-8-13;;;/h2-11,17H;2*1H;/q;;;+2/p-2. The molecule has 0 amide bonds. The van der Waals surface area contributed by atoms with E-state index in [1.165, 1.54) is 0 Å². The molecule has 0 aliphatic heterocycles. The third-order valence-corrected chi connectivity index (χ3v) is 2.91. The molecule has 0 aromatic heterocycles. The molecule has 4 heteroatoms. The quantitative estimate of drug-likeness (QED) is 0.308. The Morgan fingerprint density at radius 3 is 2.25 bits per heavy atom. The molecule has 1 radical (unpaired) electrons. The van der Waals surface area contributed by atoms with Crippen LogP contribution in [0.1, 0.15) is 0 Å². The van der Waals surface area contributed by atoms with Crippen molar-refractivity contribution in [1.29, 1.82) is 0 Å². The molecular weight excluding hydrogens is 527 g/mol. The zero-order chi connectivity index (χ0) is 14.4. The molecule has 0 fully saturated rings. The number of rotatable bonds is 1. The normalized spacial score (nSPS) is 9.50. The van der Waals surface area contributed by atoms with Gasteiger partial charge in [0.2, 0.25) is 0 Å². The molecule has 0 atom stereocenters. The first kappa shape index (κ1) is 16.2. The molecule has 3 rings (SSSR count). The van der Waals surface area contributed by atoms with Crippen LogP contribution in [0, 0.1) is 6.07 Å². The minimum absolute atomic E-state index is 0.0650. The van der Waals surface area contributed by atoms with E-state index in [0.29, 0.717) is 5.75 Å². The second kappa shape index (κ2) is 8.30. The van der Waals surface area contributed by atoms with Gasteiger partial charge in [-0.3, -0.25) is 0 Å². The van der Waals surface area contributed by atoms with E-state index in [4.69, 9.17) is 0 Å². The van der Waals surface area contributed by atoms with Crippen LogP contribution in [0.4, 0.5) is 0 Å². The summed E-state index contributed by atoms with van der Waals surface area (Å²) < 4.78 is 0. The zero-order valence-corrected chi connectivity index (χ0v) is 18.0. The maximum absolute atomic E-state index is 10.1. The summed E-state index contributed by atoms with van der Waals surface area (Å²) in [4.78, 5) is 0. The molecule has 0 unspecified atom stereocenters. The number of halogens is 2. The molecule has 3 aromatic rings. The summed E-state index contributed by atoms with van der Waals surface area (Å²) in [7, 11) is 0.0650. The van der Waals surface area contributed by atoms with Crippen LogP contribution in [0.3, 0.4) is 0 Å². The van der Waals surface area contributed by atoms with Crippen LogP contribution in [0.5, 0.6) is 5.75 Å². The number of fused-ring (bicyclic) bond motifs is 1. The van der Waals surface area contributed by atoms with E-state index in [2.05, 4.69) is 45.6 Å². The van der Waals surface area contributed by atoms with Gasteiger partial charge in [-0.05, 0) is 28.5 Å². The number of aromatic hydroxyl groups is 1. The van der Waals surface area contributed by atoms with Crippen LogP contribution in [0.2, 0.25) is 0 Å². The number of phenolic OH excluding ortho intramolecular Hbond substituents is 1. The van der Waals surface area contributed by atoms with Crippen molar-refractivity contribution in [2.24, 2.45) is 0 Å². The molecule has 3 aromatic carbocycles. The Morgan fingerprint density at radius 2 is 1.55 bits per heavy atom. The van der Waals surface area contributed by atoms with Gasteiger partial charge >= 0.3 is 49.6 Å². The number of hydrogen-bond acceptors (Lipinski definition) is 1. The van der Waals surface area contributed by atoms with Gasteiger partial charge in [0.05, 0.1) is 0 Å². The van der Waals surface area contributed by atoms with Gasteiger partial charge in [-0.2, -0.15) is 0 Å². The maximum atomic E-state index is 10.1. The van der Waals surface area contributed by atoms with E-state index < -0.39 is 0 Å². The molecule has 0 saturated carbocycles. The third kappa shape index (κ3) is 3.92. The summed E-state index contributed by atoms with van der Waals surface area (Å²) in [5, 5.41) is 12.3. The monoisotopic (exact) mass is 537 g/mol. The van der Waals surface area contributed by atoms with Crippen molar-refractivity contribution in [1.82, 2.24) is 0 Å². The summed E-state index contributed by atoms with van der Waals surface area (Å²) in [6, 6.07) is 22.4. The molecule has 97 valence electrons. The average molecular weight is 538 g/mol. The Hall–Kier alpha value is -0.197. The van der Waals surface area contributed by atoms with Crippen LogP contribution >= 0.6 is 39.5 Å². The van der Waals surface area contributed by atoms with Crippen molar-refractivity contribution in [2.45, 2.75) is 0 Å². The van der Waals surface area contributed by atoms with Crippen molar-refractivity contribution < 1.29 is 15.2 Å². The Labute approximate surface area is 147 Å². The third-order valence-electron chi connectivity index (χ3n) is 2.91. The van der Waals surface area contributed by atoms with Gasteiger partial charge < -0.3 is 5.11 Å². The molecule has 1 nitrogen and oxygen atoms in total. The van der Waals surface area contributed by atoms with Crippen molar-refractivity contribution in [3.05, 3.63) is 66.7 Å². The first-order valence-electron chi connectivity index (χ1n) is 6.07. The van der Waals surface area contributed by atoms with E-state index in [9.17, 15) is 5.11 Å². The SMILES string of the molecule is Oc1ccc2ccccc2c1-c1cc[c]cc1.[I][Zn][I]. The van der Waals surface area contributed by atoms with E-state index >= 15 is 0 Å². The Balaban J connectivity index is 0.000000452. The fraction of sp³-hybridized carbons (Fsp3) is 0. The summed E-state index contributed by atoms with van der Waals surface area (Å²) in [6.45, 7) is 0. The Bertz CT molecular complexity index is 686. The molecule has 0 aliphatic carbocycles. The van der Waals surface area contributed by atoms with E-state index in [1.807, 2.05) is 54.6 Å². The molecule has 0 aliphatic rings. The fourth-order valence-electron chi connectivity index (χ4n) is 2.12. The molecule has 20 heavy (non-hydrogen) atoms. The molecule has 0 heterocycles. The summed E-state index contributed by atoms with van der Waals surface area (Å²) in [5.74, 6) is 0.315. The second-order valence-electron chi connectivity index (χ2n) is 4.07. The predicted octanol–water partition coefficient (Wildman–Crippen LogP) is 5.78. The van der Waals surface area contributed by atoms with Crippen LogP contribution in [-0.2, 0) is 10.1 Å². The van der Waals surface area contributed by atoms with E-state index in [0.717, 1.165) is 21.9 Å².